The average molecular weight is 316 g/mol. The van der Waals surface area contributed by atoms with Crippen molar-refractivity contribution in [1.82, 2.24) is 29.3 Å². The molecule has 124 valence electrons. The Kier molecular flexibility index (Phi) is 4.15. The van der Waals surface area contributed by atoms with Crippen LogP contribution in [-0.2, 0) is 6.54 Å². The molecule has 4 rings (SSSR count). The first-order valence-corrected chi connectivity index (χ1v) is 8.52. The molecule has 1 unspecified atom stereocenters. The number of nitrogens with one attached hydrogen (secondary N) is 1. The molecule has 0 amide bonds. The fraction of sp³-hybridized carbons (Fsp3) is 0.625. The second-order valence-corrected chi connectivity index (χ2v) is 6.46. The Morgan fingerprint density at radius 1 is 1.17 bits per heavy atom. The van der Waals surface area contributed by atoms with Gasteiger partial charge in [-0.3, -0.25) is 14.2 Å². The van der Waals surface area contributed by atoms with Crippen molar-refractivity contribution in [2.75, 3.05) is 45.8 Å². The lowest BCUT2D eigenvalue weighted by Gasteiger charge is -2.37. The summed E-state index contributed by atoms with van der Waals surface area (Å²) in [6.45, 7) is 8.26. The van der Waals surface area contributed by atoms with Crippen molar-refractivity contribution in [1.29, 1.82) is 0 Å². The van der Waals surface area contributed by atoms with Gasteiger partial charge < -0.3 is 5.32 Å². The van der Waals surface area contributed by atoms with E-state index >= 15 is 0 Å². The highest BCUT2D eigenvalue weighted by Crippen LogP contribution is 2.11. The summed E-state index contributed by atoms with van der Waals surface area (Å²) in [4.78, 5) is 17.3. The molecule has 2 aliphatic heterocycles. The molecular formula is C16H24N6O. The van der Waals surface area contributed by atoms with Gasteiger partial charge in [-0.25, -0.2) is 9.48 Å². The standard InChI is InChI=1S/C16H24N6O/c23-16-21-6-2-1-3-15(21)18-22(16)12-9-19-7-10-20(11-8-19)14-4-5-17-13-14/h1-3,6,14,17H,4-5,7-13H2. The van der Waals surface area contributed by atoms with E-state index in [0.717, 1.165) is 57.5 Å². The summed E-state index contributed by atoms with van der Waals surface area (Å²) in [6.07, 6.45) is 3.05. The minimum Gasteiger partial charge on any atom is -0.315 e. The van der Waals surface area contributed by atoms with Crippen LogP contribution in [0.25, 0.3) is 5.65 Å². The van der Waals surface area contributed by atoms with Crippen LogP contribution in [0.2, 0.25) is 0 Å². The number of pyridine rings is 1. The topological polar surface area (TPSA) is 57.8 Å². The Morgan fingerprint density at radius 3 is 2.78 bits per heavy atom. The zero-order valence-corrected chi connectivity index (χ0v) is 13.4. The van der Waals surface area contributed by atoms with Crippen LogP contribution < -0.4 is 11.0 Å². The molecule has 0 aliphatic carbocycles. The van der Waals surface area contributed by atoms with Crippen molar-refractivity contribution in [2.45, 2.75) is 19.0 Å². The van der Waals surface area contributed by atoms with E-state index in [9.17, 15) is 4.79 Å². The van der Waals surface area contributed by atoms with E-state index < -0.39 is 0 Å². The lowest BCUT2D eigenvalue weighted by molar-refractivity contribution is 0.0992. The van der Waals surface area contributed by atoms with Gasteiger partial charge in [0.25, 0.3) is 0 Å². The molecule has 2 fully saturated rings. The molecule has 1 N–H and O–H groups in total. The van der Waals surface area contributed by atoms with Gasteiger partial charge in [0.15, 0.2) is 5.65 Å². The molecule has 0 bridgehead atoms. The van der Waals surface area contributed by atoms with Crippen LogP contribution >= 0.6 is 0 Å². The Morgan fingerprint density at radius 2 is 2.04 bits per heavy atom. The monoisotopic (exact) mass is 316 g/mol. The molecule has 4 heterocycles. The van der Waals surface area contributed by atoms with Crippen molar-refractivity contribution in [3.05, 3.63) is 34.9 Å². The summed E-state index contributed by atoms with van der Waals surface area (Å²) in [5.74, 6) is 0. The predicted molar refractivity (Wildman–Crippen MR) is 88.7 cm³/mol. The Hall–Kier alpha value is -1.70. The van der Waals surface area contributed by atoms with E-state index in [2.05, 4.69) is 20.2 Å². The molecular weight excluding hydrogens is 292 g/mol. The summed E-state index contributed by atoms with van der Waals surface area (Å²) in [5.41, 5.74) is 0.673. The van der Waals surface area contributed by atoms with Crippen molar-refractivity contribution < 1.29 is 0 Å². The molecule has 0 saturated carbocycles. The van der Waals surface area contributed by atoms with Crippen molar-refractivity contribution in [3.8, 4) is 0 Å². The maximum atomic E-state index is 12.3. The lowest BCUT2D eigenvalue weighted by atomic mass is 10.2. The van der Waals surface area contributed by atoms with Crippen LogP contribution in [-0.4, -0.2) is 75.8 Å². The molecule has 1 atom stereocenters. The fourth-order valence-corrected chi connectivity index (χ4v) is 3.65. The van der Waals surface area contributed by atoms with Gasteiger partial charge in [0.05, 0.1) is 6.54 Å². The first-order chi connectivity index (χ1) is 11.3. The minimum absolute atomic E-state index is 0.0451. The lowest BCUT2D eigenvalue weighted by Crippen LogP contribution is -2.51. The number of aromatic nitrogens is 3. The normalized spacial score (nSPS) is 23.7. The van der Waals surface area contributed by atoms with Gasteiger partial charge in [-0.05, 0) is 25.1 Å². The largest absolute Gasteiger partial charge is 0.350 e. The first-order valence-electron chi connectivity index (χ1n) is 8.52. The van der Waals surface area contributed by atoms with E-state index in [0.29, 0.717) is 6.54 Å². The quantitative estimate of drug-likeness (QED) is 0.822. The number of rotatable bonds is 4. The van der Waals surface area contributed by atoms with Gasteiger partial charge in [0, 0.05) is 51.5 Å². The SMILES string of the molecule is O=c1n(CCN2CCN(C3CCNC3)CC2)nc2ccccn12. The van der Waals surface area contributed by atoms with Crippen molar-refractivity contribution in [3.63, 3.8) is 0 Å². The maximum absolute atomic E-state index is 12.3. The second kappa shape index (κ2) is 6.43. The predicted octanol–water partition coefficient (Wildman–Crippen LogP) is -0.524. The van der Waals surface area contributed by atoms with Crippen LogP contribution in [0.15, 0.2) is 29.2 Å². The zero-order chi connectivity index (χ0) is 15.6. The maximum Gasteiger partial charge on any atom is 0.350 e. The Labute approximate surface area is 135 Å². The molecule has 7 heteroatoms. The third-order valence-electron chi connectivity index (χ3n) is 5.07. The molecule has 2 aromatic heterocycles. The highest BCUT2D eigenvalue weighted by atomic mass is 16.2. The van der Waals surface area contributed by atoms with Gasteiger partial charge in [0.2, 0.25) is 0 Å². The smallest absolute Gasteiger partial charge is 0.315 e. The molecule has 7 nitrogen and oxygen atoms in total. The van der Waals surface area contributed by atoms with Crippen LogP contribution in [0.5, 0.6) is 0 Å². The molecule has 0 radical (unpaired) electrons. The summed E-state index contributed by atoms with van der Waals surface area (Å²) >= 11 is 0. The molecule has 0 spiro atoms. The fourth-order valence-electron chi connectivity index (χ4n) is 3.65. The molecule has 2 aromatic rings. The van der Waals surface area contributed by atoms with Crippen molar-refractivity contribution >= 4 is 5.65 Å². The molecule has 0 aromatic carbocycles. The zero-order valence-electron chi connectivity index (χ0n) is 13.4. The first kappa shape index (κ1) is 14.9. The summed E-state index contributed by atoms with van der Waals surface area (Å²) in [6, 6.07) is 6.35. The van der Waals surface area contributed by atoms with Gasteiger partial charge in [-0.15, -0.1) is 5.10 Å². The highest BCUT2D eigenvalue weighted by molar-refractivity contribution is 5.35. The second-order valence-electron chi connectivity index (χ2n) is 6.46. The van der Waals surface area contributed by atoms with Crippen LogP contribution in [0.3, 0.4) is 0 Å². The highest BCUT2D eigenvalue weighted by Gasteiger charge is 2.25. The molecule has 2 saturated heterocycles. The van der Waals surface area contributed by atoms with Crippen LogP contribution in [0, 0.1) is 0 Å². The Bertz CT molecular complexity index is 709. The van der Waals surface area contributed by atoms with Crippen LogP contribution in [0.4, 0.5) is 0 Å². The molecule has 2 aliphatic rings. The number of hydrogen-bond acceptors (Lipinski definition) is 5. The number of fused-ring (bicyclic) bond motifs is 1. The van der Waals surface area contributed by atoms with Gasteiger partial charge in [-0.1, -0.05) is 6.07 Å². The number of piperazine rings is 1. The number of nitrogens with zero attached hydrogens (tertiary/aromatic N) is 5. The third-order valence-corrected chi connectivity index (χ3v) is 5.07. The summed E-state index contributed by atoms with van der Waals surface area (Å²) in [7, 11) is 0. The van der Waals surface area contributed by atoms with Gasteiger partial charge in [0.1, 0.15) is 0 Å². The van der Waals surface area contributed by atoms with E-state index in [4.69, 9.17) is 0 Å². The molecule has 23 heavy (non-hydrogen) atoms. The van der Waals surface area contributed by atoms with E-state index in [1.807, 2.05) is 18.2 Å². The Balaban J connectivity index is 1.33. The van der Waals surface area contributed by atoms with E-state index in [1.165, 1.54) is 6.42 Å². The van der Waals surface area contributed by atoms with Gasteiger partial charge in [-0.2, -0.15) is 0 Å². The number of hydrogen-bond donors (Lipinski definition) is 1. The minimum atomic E-state index is -0.0451. The third kappa shape index (κ3) is 3.04. The average Bonchev–Trinajstić information content (AvgIpc) is 3.23. The van der Waals surface area contributed by atoms with E-state index in [1.54, 1.807) is 15.3 Å². The summed E-state index contributed by atoms with van der Waals surface area (Å²) < 4.78 is 3.19. The summed E-state index contributed by atoms with van der Waals surface area (Å²) in [5, 5.41) is 7.84. The van der Waals surface area contributed by atoms with Crippen LogP contribution in [0.1, 0.15) is 6.42 Å². The van der Waals surface area contributed by atoms with E-state index in [-0.39, 0.29) is 5.69 Å². The van der Waals surface area contributed by atoms with Crippen molar-refractivity contribution in [2.24, 2.45) is 0 Å². The van der Waals surface area contributed by atoms with Gasteiger partial charge >= 0.3 is 5.69 Å².